The molecule has 0 aliphatic rings. The van der Waals surface area contributed by atoms with E-state index in [9.17, 15) is 4.79 Å². The number of anilines is 1. The van der Waals surface area contributed by atoms with Crippen molar-refractivity contribution in [2.75, 3.05) is 11.9 Å². The van der Waals surface area contributed by atoms with Gasteiger partial charge in [0.2, 0.25) is 0 Å². The normalized spacial score (nSPS) is 10.7. The molecular weight excluding hydrogens is 342 g/mol. The summed E-state index contributed by atoms with van der Waals surface area (Å²) in [5.74, 6) is 0.922. The highest BCUT2D eigenvalue weighted by Crippen LogP contribution is 2.20. The smallest absolute Gasteiger partial charge is 0.262 e. The Bertz CT molecular complexity index is 1070. The first kappa shape index (κ1) is 16.7. The van der Waals surface area contributed by atoms with Gasteiger partial charge in [0.05, 0.1) is 5.69 Å². The van der Waals surface area contributed by atoms with Crippen molar-refractivity contribution in [2.24, 2.45) is 0 Å². The molecule has 0 fully saturated rings. The highest BCUT2D eigenvalue weighted by atomic mass is 16.5. The predicted octanol–water partition coefficient (Wildman–Crippen LogP) is 3.12. The molecular formula is C20H17N5O2. The minimum absolute atomic E-state index is 0.0896. The number of hydrogen-bond acceptors (Lipinski definition) is 5. The molecule has 1 amide bonds. The quantitative estimate of drug-likeness (QED) is 0.592. The second kappa shape index (κ2) is 7.25. The van der Waals surface area contributed by atoms with Gasteiger partial charge >= 0.3 is 0 Å². The van der Waals surface area contributed by atoms with Crippen LogP contribution in [0.25, 0.3) is 17.0 Å². The molecule has 7 heteroatoms. The van der Waals surface area contributed by atoms with Crippen LogP contribution in [0.5, 0.6) is 5.75 Å². The number of rotatable bonds is 5. The van der Waals surface area contributed by atoms with E-state index < -0.39 is 0 Å². The van der Waals surface area contributed by atoms with E-state index in [0.717, 1.165) is 11.1 Å². The van der Waals surface area contributed by atoms with Gasteiger partial charge in [-0.05, 0) is 43.3 Å². The summed E-state index contributed by atoms with van der Waals surface area (Å²) in [6.45, 7) is 1.91. The highest BCUT2D eigenvalue weighted by molar-refractivity contribution is 5.95. The van der Waals surface area contributed by atoms with Crippen molar-refractivity contribution in [1.29, 1.82) is 0 Å². The lowest BCUT2D eigenvalue weighted by atomic mass is 10.2. The zero-order valence-electron chi connectivity index (χ0n) is 14.7. The molecule has 134 valence electrons. The van der Waals surface area contributed by atoms with Gasteiger partial charge in [-0.2, -0.15) is 0 Å². The molecule has 0 saturated heterocycles. The number of aryl methyl sites for hydroxylation is 1. The van der Waals surface area contributed by atoms with Crippen molar-refractivity contribution in [3.63, 3.8) is 0 Å². The van der Waals surface area contributed by atoms with Crippen molar-refractivity contribution in [3.8, 4) is 17.1 Å². The molecule has 0 saturated carbocycles. The Morgan fingerprint density at radius 2 is 2.00 bits per heavy atom. The van der Waals surface area contributed by atoms with Gasteiger partial charge in [-0.1, -0.05) is 17.7 Å². The summed E-state index contributed by atoms with van der Waals surface area (Å²) in [5, 5.41) is 7.26. The van der Waals surface area contributed by atoms with Gasteiger partial charge in [-0.15, -0.1) is 5.10 Å². The summed E-state index contributed by atoms with van der Waals surface area (Å²) < 4.78 is 7.14. The van der Waals surface area contributed by atoms with Gasteiger partial charge in [-0.25, -0.2) is 9.50 Å². The Balaban J connectivity index is 1.50. The minimum atomic E-state index is -0.269. The fraction of sp³-hybridized carbons (Fsp3) is 0.100. The lowest BCUT2D eigenvalue weighted by Gasteiger charge is -2.08. The molecule has 7 nitrogen and oxygen atoms in total. The maximum absolute atomic E-state index is 12.3. The number of pyridine rings is 2. The molecule has 3 heterocycles. The third kappa shape index (κ3) is 3.77. The van der Waals surface area contributed by atoms with Crippen LogP contribution in [0.2, 0.25) is 0 Å². The lowest BCUT2D eigenvalue weighted by molar-refractivity contribution is -0.118. The summed E-state index contributed by atoms with van der Waals surface area (Å²) in [5.41, 5.74) is 3.06. The van der Waals surface area contributed by atoms with E-state index in [4.69, 9.17) is 4.74 Å². The number of carbonyl (C=O) groups excluding carboxylic acids is 1. The van der Waals surface area contributed by atoms with Crippen LogP contribution < -0.4 is 10.1 Å². The summed E-state index contributed by atoms with van der Waals surface area (Å²) in [6.07, 6.45) is 5.17. The molecule has 4 rings (SSSR count). The summed E-state index contributed by atoms with van der Waals surface area (Å²) in [6, 6.07) is 14.8. The lowest BCUT2D eigenvalue weighted by Crippen LogP contribution is -2.20. The Labute approximate surface area is 155 Å². The molecule has 4 aromatic rings. The molecule has 1 N–H and O–H groups in total. The number of benzene rings is 1. The molecule has 0 aliphatic carbocycles. The Morgan fingerprint density at radius 3 is 2.78 bits per heavy atom. The second-order valence-electron chi connectivity index (χ2n) is 6.02. The van der Waals surface area contributed by atoms with E-state index in [1.165, 1.54) is 0 Å². The van der Waals surface area contributed by atoms with Crippen LogP contribution in [-0.2, 0) is 4.79 Å². The highest BCUT2D eigenvalue weighted by Gasteiger charge is 2.12. The number of amides is 1. The monoisotopic (exact) mass is 359 g/mol. The summed E-state index contributed by atoms with van der Waals surface area (Å²) >= 11 is 0. The van der Waals surface area contributed by atoms with Crippen LogP contribution in [0, 0.1) is 6.92 Å². The van der Waals surface area contributed by atoms with Crippen LogP contribution in [0.15, 0.2) is 67.1 Å². The van der Waals surface area contributed by atoms with Gasteiger partial charge in [0.25, 0.3) is 5.91 Å². The molecule has 0 aliphatic heterocycles. The number of carbonyl (C=O) groups is 1. The maximum Gasteiger partial charge on any atom is 0.262 e. The Hall–Kier alpha value is -3.74. The van der Waals surface area contributed by atoms with Crippen molar-refractivity contribution in [1.82, 2.24) is 19.6 Å². The van der Waals surface area contributed by atoms with Gasteiger partial charge in [0, 0.05) is 24.2 Å². The zero-order chi connectivity index (χ0) is 18.6. The van der Waals surface area contributed by atoms with Gasteiger partial charge in [0.1, 0.15) is 5.75 Å². The van der Waals surface area contributed by atoms with E-state index in [1.807, 2.05) is 43.3 Å². The van der Waals surface area contributed by atoms with E-state index in [0.29, 0.717) is 22.9 Å². The van der Waals surface area contributed by atoms with E-state index in [1.54, 1.807) is 35.2 Å². The average molecular weight is 359 g/mol. The van der Waals surface area contributed by atoms with Gasteiger partial charge in [-0.3, -0.25) is 9.78 Å². The zero-order valence-corrected chi connectivity index (χ0v) is 14.7. The summed E-state index contributed by atoms with van der Waals surface area (Å²) in [4.78, 5) is 20.9. The topological polar surface area (TPSA) is 81.4 Å². The van der Waals surface area contributed by atoms with E-state index in [2.05, 4.69) is 20.4 Å². The number of ether oxygens (including phenoxy) is 1. The molecule has 0 bridgehead atoms. The van der Waals surface area contributed by atoms with E-state index >= 15 is 0 Å². The first-order valence-corrected chi connectivity index (χ1v) is 8.44. The number of nitrogens with zero attached hydrogens (tertiary/aromatic N) is 4. The largest absolute Gasteiger partial charge is 0.484 e. The second-order valence-corrected chi connectivity index (χ2v) is 6.02. The fourth-order valence-electron chi connectivity index (χ4n) is 2.59. The van der Waals surface area contributed by atoms with Crippen LogP contribution in [0.1, 0.15) is 5.56 Å². The summed E-state index contributed by atoms with van der Waals surface area (Å²) in [7, 11) is 0. The Morgan fingerprint density at radius 1 is 1.15 bits per heavy atom. The SMILES string of the molecule is Cc1ccc(OCC(=O)Nc2cccn3nc(-c4cccnc4)nc23)cc1. The van der Waals surface area contributed by atoms with Crippen molar-refractivity contribution < 1.29 is 9.53 Å². The molecule has 0 unspecified atom stereocenters. The molecule has 0 radical (unpaired) electrons. The fourth-order valence-corrected chi connectivity index (χ4v) is 2.59. The standard InChI is InChI=1S/C20H17N5O2/c1-14-6-8-16(9-7-14)27-13-18(26)22-17-5-3-11-25-20(17)23-19(24-25)15-4-2-10-21-12-15/h2-12H,13H2,1H3,(H,22,26). The molecule has 0 spiro atoms. The Kier molecular flexibility index (Phi) is 4.49. The molecule has 27 heavy (non-hydrogen) atoms. The van der Waals surface area contributed by atoms with Gasteiger partial charge < -0.3 is 10.1 Å². The van der Waals surface area contributed by atoms with Crippen molar-refractivity contribution >= 4 is 17.2 Å². The van der Waals surface area contributed by atoms with Crippen LogP contribution in [0.4, 0.5) is 5.69 Å². The number of aromatic nitrogens is 4. The first-order valence-electron chi connectivity index (χ1n) is 8.44. The average Bonchev–Trinajstić information content (AvgIpc) is 3.14. The molecule has 0 atom stereocenters. The predicted molar refractivity (Wildman–Crippen MR) is 102 cm³/mol. The third-order valence-electron chi connectivity index (χ3n) is 3.95. The van der Waals surface area contributed by atoms with Crippen molar-refractivity contribution in [3.05, 3.63) is 72.7 Å². The maximum atomic E-state index is 12.3. The first-order chi connectivity index (χ1) is 13.2. The van der Waals surface area contributed by atoms with Crippen molar-refractivity contribution in [2.45, 2.75) is 6.92 Å². The van der Waals surface area contributed by atoms with Crippen LogP contribution in [-0.4, -0.2) is 32.1 Å². The number of nitrogens with one attached hydrogen (secondary N) is 1. The number of hydrogen-bond donors (Lipinski definition) is 1. The van der Waals surface area contributed by atoms with Crippen LogP contribution >= 0.6 is 0 Å². The minimum Gasteiger partial charge on any atom is -0.484 e. The molecule has 3 aromatic heterocycles. The number of fused-ring (bicyclic) bond motifs is 1. The van der Waals surface area contributed by atoms with Crippen LogP contribution in [0.3, 0.4) is 0 Å². The van der Waals surface area contributed by atoms with E-state index in [-0.39, 0.29) is 12.5 Å². The van der Waals surface area contributed by atoms with Gasteiger partial charge in [0.15, 0.2) is 18.1 Å². The third-order valence-corrected chi connectivity index (χ3v) is 3.95. The molecule has 1 aromatic carbocycles.